The van der Waals surface area contributed by atoms with Crippen molar-refractivity contribution in [3.8, 4) is 0 Å². The molecule has 0 saturated carbocycles. The smallest absolute Gasteiger partial charge is 0.347 e. The molecule has 1 aromatic carbocycles. The number of aromatic nitrogens is 2. The quantitative estimate of drug-likeness (QED) is 0.859. The molecule has 0 radical (unpaired) electrons. The Morgan fingerprint density at radius 1 is 1.19 bits per heavy atom. The number of halogens is 3. The molecule has 0 saturated heterocycles. The van der Waals surface area contributed by atoms with Crippen LogP contribution in [0.15, 0.2) is 35.1 Å². The Hall–Kier alpha value is -2.64. The third-order valence-electron chi connectivity index (χ3n) is 3.27. The van der Waals surface area contributed by atoms with E-state index in [0.29, 0.717) is 11.4 Å². The van der Waals surface area contributed by atoms with Crippen LogP contribution in [0.1, 0.15) is 61.1 Å². The van der Waals surface area contributed by atoms with Crippen molar-refractivity contribution < 1.29 is 18.0 Å². The van der Waals surface area contributed by atoms with Gasteiger partial charge in [-0.25, -0.2) is 4.98 Å². The average Bonchev–Trinajstić information content (AvgIpc) is 2.60. The summed E-state index contributed by atoms with van der Waals surface area (Å²) in [6, 6.07) is 5.55. The van der Waals surface area contributed by atoms with E-state index in [2.05, 4.69) is 15.3 Å². The minimum atomic E-state index is -4.40. The first-order chi connectivity index (χ1) is 12.2. The zero-order valence-corrected chi connectivity index (χ0v) is 15.1. The molecule has 0 aliphatic carbocycles. The Morgan fingerprint density at radius 3 is 2.27 bits per heavy atom. The molecule has 142 valence electrons. The van der Waals surface area contributed by atoms with Crippen molar-refractivity contribution >= 4 is 5.91 Å². The summed E-state index contributed by atoms with van der Waals surface area (Å²) in [6.45, 7) is 7.67. The van der Waals surface area contributed by atoms with Gasteiger partial charge in [0.05, 0.1) is 5.56 Å². The fourth-order valence-corrected chi connectivity index (χ4v) is 1.95. The van der Waals surface area contributed by atoms with E-state index in [1.807, 2.05) is 27.7 Å². The fraction of sp³-hybridized carbons (Fsp3) is 0.389. The normalized spacial score (nSPS) is 10.9. The van der Waals surface area contributed by atoms with Crippen molar-refractivity contribution in [3.05, 3.63) is 63.3 Å². The number of hydrogen-bond donors (Lipinski definition) is 2. The highest BCUT2D eigenvalue weighted by molar-refractivity contribution is 5.92. The first-order valence-electron chi connectivity index (χ1n) is 8.22. The number of aromatic amines is 1. The largest absolute Gasteiger partial charge is 0.416 e. The molecule has 2 N–H and O–H groups in total. The van der Waals surface area contributed by atoms with E-state index in [1.54, 1.807) is 0 Å². The number of benzene rings is 1. The Labute approximate surface area is 149 Å². The number of nitrogens with one attached hydrogen (secondary N) is 2. The third kappa shape index (κ3) is 6.02. The second-order valence-corrected chi connectivity index (χ2v) is 5.55. The Balaban J connectivity index is 0.00000163. The predicted molar refractivity (Wildman–Crippen MR) is 92.9 cm³/mol. The van der Waals surface area contributed by atoms with Gasteiger partial charge in [-0.1, -0.05) is 39.8 Å². The molecule has 0 unspecified atom stereocenters. The van der Waals surface area contributed by atoms with Crippen LogP contribution in [0, 0.1) is 0 Å². The number of hydrogen-bond acceptors (Lipinski definition) is 3. The Morgan fingerprint density at radius 2 is 1.77 bits per heavy atom. The van der Waals surface area contributed by atoms with Crippen molar-refractivity contribution in [2.24, 2.45) is 0 Å². The van der Waals surface area contributed by atoms with Gasteiger partial charge in [0.15, 0.2) is 0 Å². The molecule has 1 heterocycles. The van der Waals surface area contributed by atoms with E-state index in [0.717, 1.165) is 18.2 Å². The molecule has 8 heteroatoms. The summed E-state index contributed by atoms with van der Waals surface area (Å²) in [6.07, 6.45) is -4.40. The summed E-state index contributed by atoms with van der Waals surface area (Å²) in [4.78, 5) is 30.2. The van der Waals surface area contributed by atoms with Crippen molar-refractivity contribution in [2.45, 2.75) is 46.3 Å². The van der Waals surface area contributed by atoms with Crippen LogP contribution in [0.2, 0.25) is 0 Å². The van der Waals surface area contributed by atoms with Gasteiger partial charge in [0.2, 0.25) is 0 Å². The summed E-state index contributed by atoms with van der Waals surface area (Å²) in [5.41, 5.74) is -0.719. The number of amides is 1. The SMILES string of the molecule is CC.CC(C)c1nc(C(=O)NCc2ccc(C(F)(F)F)cc2)cc(=O)[nH]1. The molecule has 26 heavy (non-hydrogen) atoms. The molecule has 2 aromatic rings. The summed E-state index contributed by atoms with van der Waals surface area (Å²) in [5.74, 6) is -0.231. The first kappa shape index (κ1) is 21.4. The van der Waals surface area contributed by atoms with Gasteiger partial charge in [-0.15, -0.1) is 0 Å². The number of nitrogens with zero attached hydrogens (tertiary/aromatic N) is 1. The van der Waals surface area contributed by atoms with Crippen LogP contribution in [0.5, 0.6) is 0 Å². The number of alkyl halides is 3. The molecule has 0 bridgehead atoms. The van der Waals surface area contributed by atoms with Gasteiger partial charge in [-0.3, -0.25) is 9.59 Å². The minimum absolute atomic E-state index is 0.0302. The predicted octanol–water partition coefficient (Wildman–Crippen LogP) is 3.87. The Bertz CT molecular complexity index is 782. The molecular formula is C18H22F3N3O2. The lowest BCUT2D eigenvalue weighted by atomic mass is 10.1. The molecule has 1 aromatic heterocycles. The van der Waals surface area contributed by atoms with Gasteiger partial charge < -0.3 is 10.3 Å². The molecule has 0 spiro atoms. The van der Waals surface area contributed by atoms with Crippen molar-refractivity contribution in [1.82, 2.24) is 15.3 Å². The topological polar surface area (TPSA) is 74.8 Å². The highest BCUT2D eigenvalue weighted by atomic mass is 19.4. The van der Waals surface area contributed by atoms with Crippen LogP contribution in [0.3, 0.4) is 0 Å². The van der Waals surface area contributed by atoms with Crippen molar-refractivity contribution in [2.75, 3.05) is 0 Å². The number of rotatable bonds is 4. The maximum Gasteiger partial charge on any atom is 0.416 e. The maximum absolute atomic E-state index is 12.5. The second-order valence-electron chi connectivity index (χ2n) is 5.55. The van der Waals surface area contributed by atoms with Crippen molar-refractivity contribution in [3.63, 3.8) is 0 Å². The monoisotopic (exact) mass is 369 g/mol. The van der Waals surface area contributed by atoms with Gasteiger partial charge in [-0.2, -0.15) is 13.2 Å². The summed E-state index contributed by atoms with van der Waals surface area (Å²) < 4.78 is 37.5. The van der Waals surface area contributed by atoms with Crippen LogP contribution < -0.4 is 10.9 Å². The average molecular weight is 369 g/mol. The van der Waals surface area contributed by atoms with Gasteiger partial charge >= 0.3 is 6.18 Å². The standard InChI is InChI=1S/C16H16F3N3O2.C2H6/c1-9(2)14-21-12(7-13(23)22-14)15(24)20-8-10-3-5-11(6-4-10)16(17,18)19;1-2/h3-7,9H,8H2,1-2H3,(H,20,24)(H,21,22,23);1-2H3. The van der Waals surface area contributed by atoms with Crippen LogP contribution in [-0.2, 0) is 12.7 Å². The zero-order chi connectivity index (χ0) is 19.9. The van der Waals surface area contributed by atoms with E-state index >= 15 is 0 Å². The van der Waals surface area contributed by atoms with Crippen LogP contribution in [-0.4, -0.2) is 15.9 Å². The second kappa shape index (κ2) is 9.17. The fourth-order valence-electron chi connectivity index (χ4n) is 1.95. The molecule has 1 amide bonds. The minimum Gasteiger partial charge on any atom is -0.347 e. The zero-order valence-electron chi connectivity index (χ0n) is 15.1. The van der Waals surface area contributed by atoms with Crippen molar-refractivity contribution in [1.29, 1.82) is 0 Å². The van der Waals surface area contributed by atoms with Gasteiger partial charge in [0.1, 0.15) is 11.5 Å². The van der Waals surface area contributed by atoms with Crippen LogP contribution in [0.25, 0.3) is 0 Å². The molecule has 0 aliphatic heterocycles. The lowest BCUT2D eigenvalue weighted by Gasteiger charge is -2.09. The maximum atomic E-state index is 12.5. The molecular weight excluding hydrogens is 347 g/mol. The van der Waals surface area contributed by atoms with E-state index < -0.39 is 23.2 Å². The first-order valence-corrected chi connectivity index (χ1v) is 8.22. The molecule has 2 rings (SSSR count). The Kier molecular flexibility index (Phi) is 7.55. The molecule has 0 fully saturated rings. The lowest BCUT2D eigenvalue weighted by molar-refractivity contribution is -0.137. The van der Waals surface area contributed by atoms with Gasteiger partial charge in [-0.05, 0) is 17.7 Å². The van der Waals surface area contributed by atoms with E-state index in [-0.39, 0.29) is 18.2 Å². The highest BCUT2D eigenvalue weighted by Gasteiger charge is 2.29. The van der Waals surface area contributed by atoms with E-state index in [4.69, 9.17) is 0 Å². The van der Waals surface area contributed by atoms with Crippen LogP contribution in [0.4, 0.5) is 13.2 Å². The van der Waals surface area contributed by atoms with Gasteiger partial charge in [0.25, 0.3) is 11.5 Å². The van der Waals surface area contributed by atoms with E-state index in [1.165, 1.54) is 12.1 Å². The molecule has 0 aliphatic rings. The summed E-state index contributed by atoms with van der Waals surface area (Å²) in [5, 5.41) is 2.53. The molecule has 5 nitrogen and oxygen atoms in total. The summed E-state index contributed by atoms with van der Waals surface area (Å²) >= 11 is 0. The third-order valence-corrected chi connectivity index (χ3v) is 3.27. The number of H-pyrrole nitrogens is 1. The van der Waals surface area contributed by atoms with E-state index in [9.17, 15) is 22.8 Å². The summed E-state index contributed by atoms with van der Waals surface area (Å²) in [7, 11) is 0. The number of carbonyl (C=O) groups excluding carboxylic acids is 1. The molecule has 0 atom stereocenters. The van der Waals surface area contributed by atoms with Gasteiger partial charge in [0, 0.05) is 18.5 Å². The lowest BCUT2D eigenvalue weighted by Crippen LogP contribution is -2.27. The highest BCUT2D eigenvalue weighted by Crippen LogP contribution is 2.29. The van der Waals surface area contributed by atoms with Crippen LogP contribution >= 0.6 is 0 Å². The number of carbonyl (C=O) groups is 1.